The largest absolute Gasteiger partial charge is 0.476 e. The standard InChI is InChI=1S/C6H5FN2O2/c1-3-5(7)9-4(2-8-3)6(10)11/h2H,1H3,(H,10,11). The summed E-state index contributed by atoms with van der Waals surface area (Å²) in [5.41, 5.74) is -0.289. The first-order valence-corrected chi connectivity index (χ1v) is 2.83. The fraction of sp³-hybridized carbons (Fsp3) is 0.167. The molecule has 0 saturated heterocycles. The van der Waals surface area contributed by atoms with Crippen LogP contribution in [0.3, 0.4) is 0 Å². The van der Waals surface area contributed by atoms with Gasteiger partial charge in [-0.15, -0.1) is 0 Å². The summed E-state index contributed by atoms with van der Waals surface area (Å²) in [6.45, 7) is 1.41. The summed E-state index contributed by atoms with van der Waals surface area (Å²) in [4.78, 5) is 16.8. The second-order valence-corrected chi connectivity index (χ2v) is 1.94. The Balaban J connectivity index is 3.15. The lowest BCUT2D eigenvalue weighted by Gasteiger charge is -1.94. The van der Waals surface area contributed by atoms with Crippen LogP contribution >= 0.6 is 0 Å². The van der Waals surface area contributed by atoms with Crippen molar-refractivity contribution in [3.05, 3.63) is 23.5 Å². The van der Waals surface area contributed by atoms with Crippen molar-refractivity contribution in [2.75, 3.05) is 0 Å². The number of hydrogen-bond acceptors (Lipinski definition) is 3. The first kappa shape index (κ1) is 7.59. The summed E-state index contributed by atoms with van der Waals surface area (Å²) in [6.07, 6.45) is 1.01. The number of aromatic nitrogens is 2. The first-order chi connectivity index (χ1) is 5.11. The van der Waals surface area contributed by atoms with Crippen LogP contribution in [0.4, 0.5) is 4.39 Å². The van der Waals surface area contributed by atoms with E-state index in [1.807, 2.05) is 0 Å². The van der Waals surface area contributed by atoms with Crippen LogP contribution in [0.5, 0.6) is 0 Å². The molecule has 0 atom stereocenters. The summed E-state index contributed by atoms with van der Waals surface area (Å²) in [5.74, 6) is -2.12. The molecule has 1 rings (SSSR count). The van der Waals surface area contributed by atoms with Gasteiger partial charge in [0.25, 0.3) is 0 Å². The predicted molar refractivity (Wildman–Crippen MR) is 33.7 cm³/mol. The van der Waals surface area contributed by atoms with Gasteiger partial charge in [-0.25, -0.2) is 9.78 Å². The molecular formula is C6H5FN2O2. The number of carbonyl (C=O) groups is 1. The van der Waals surface area contributed by atoms with E-state index in [1.165, 1.54) is 6.92 Å². The Morgan fingerprint density at radius 3 is 2.82 bits per heavy atom. The Bertz CT molecular complexity index is 301. The fourth-order valence-electron chi connectivity index (χ4n) is 0.530. The molecule has 0 unspecified atom stereocenters. The van der Waals surface area contributed by atoms with Crippen molar-refractivity contribution in [1.29, 1.82) is 0 Å². The molecule has 4 nitrogen and oxygen atoms in total. The van der Waals surface area contributed by atoms with Crippen molar-refractivity contribution in [1.82, 2.24) is 9.97 Å². The van der Waals surface area contributed by atoms with Crippen LogP contribution in [0.1, 0.15) is 16.2 Å². The van der Waals surface area contributed by atoms with Gasteiger partial charge < -0.3 is 5.11 Å². The zero-order valence-corrected chi connectivity index (χ0v) is 5.71. The van der Waals surface area contributed by atoms with E-state index < -0.39 is 11.9 Å². The summed E-state index contributed by atoms with van der Waals surface area (Å²) in [6, 6.07) is 0. The van der Waals surface area contributed by atoms with Gasteiger partial charge in [0.15, 0.2) is 5.69 Å². The molecule has 0 spiro atoms. The van der Waals surface area contributed by atoms with E-state index in [-0.39, 0.29) is 11.4 Å². The highest BCUT2D eigenvalue weighted by Gasteiger charge is 2.07. The van der Waals surface area contributed by atoms with E-state index in [4.69, 9.17) is 5.11 Å². The van der Waals surface area contributed by atoms with Gasteiger partial charge in [0.2, 0.25) is 5.95 Å². The molecule has 0 fully saturated rings. The van der Waals surface area contributed by atoms with Crippen molar-refractivity contribution in [2.45, 2.75) is 6.92 Å². The van der Waals surface area contributed by atoms with Gasteiger partial charge in [0.1, 0.15) is 0 Å². The Kier molecular flexibility index (Phi) is 1.80. The molecule has 0 aliphatic rings. The zero-order valence-electron chi connectivity index (χ0n) is 5.71. The highest BCUT2D eigenvalue weighted by Crippen LogP contribution is 1.99. The highest BCUT2D eigenvalue weighted by atomic mass is 19.1. The highest BCUT2D eigenvalue weighted by molar-refractivity contribution is 5.84. The monoisotopic (exact) mass is 156 g/mol. The molecule has 1 N–H and O–H groups in total. The summed E-state index contributed by atoms with van der Waals surface area (Å²) in [7, 11) is 0. The van der Waals surface area contributed by atoms with Gasteiger partial charge >= 0.3 is 5.97 Å². The number of nitrogens with zero attached hydrogens (tertiary/aromatic N) is 2. The van der Waals surface area contributed by atoms with Crippen molar-refractivity contribution in [2.24, 2.45) is 0 Å². The third kappa shape index (κ3) is 1.49. The maximum Gasteiger partial charge on any atom is 0.356 e. The average molecular weight is 156 g/mol. The van der Waals surface area contributed by atoms with Gasteiger partial charge in [-0.1, -0.05) is 0 Å². The average Bonchev–Trinajstić information content (AvgIpc) is 1.94. The zero-order chi connectivity index (χ0) is 8.43. The normalized spacial score (nSPS) is 9.64. The van der Waals surface area contributed by atoms with Crippen molar-refractivity contribution >= 4 is 5.97 Å². The van der Waals surface area contributed by atoms with Crippen molar-refractivity contribution in [3.63, 3.8) is 0 Å². The second-order valence-electron chi connectivity index (χ2n) is 1.94. The molecule has 5 heteroatoms. The quantitative estimate of drug-likeness (QED) is 0.647. The number of carboxylic acids is 1. The molecule has 11 heavy (non-hydrogen) atoms. The fourth-order valence-corrected chi connectivity index (χ4v) is 0.530. The van der Waals surface area contributed by atoms with E-state index in [0.29, 0.717) is 0 Å². The van der Waals surface area contributed by atoms with Crippen LogP contribution < -0.4 is 0 Å². The Morgan fingerprint density at radius 1 is 1.73 bits per heavy atom. The van der Waals surface area contributed by atoms with Crippen molar-refractivity contribution < 1.29 is 14.3 Å². The molecule has 0 aromatic carbocycles. The van der Waals surface area contributed by atoms with E-state index in [9.17, 15) is 9.18 Å². The van der Waals surface area contributed by atoms with Crippen LogP contribution in [0.25, 0.3) is 0 Å². The number of aromatic carboxylic acids is 1. The van der Waals surface area contributed by atoms with Crippen molar-refractivity contribution in [3.8, 4) is 0 Å². The maximum absolute atomic E-state index is 12.5. The minimum atomic E-state index is -1.28. The molecule has 0 aliphatic heterocycles. The summed E-state index contributed by atoms with van der Waals surface area (Å²) >= 11 is 0. The minimum absolute atomic E-state index is 0.0926. The van der Waals surface area contributed by atoms with Crippen LogP contribution in [0.15, 0.2) is 6.20 Å². The van der Waals surface area contributed by atoms with Crippen LogP contribution in [-0.4, -0.2) is 21.0 Å². The Hall–Kier alpha value is -1.52. The maximum atomic E-state index is 12.5. The van der Waals surface area contributed by atoms with E-state index >= 15 is 0 Å². The molecule has 0 radical (unpaired) electrons. The van der Waals surface area contributed by atoms with Gasteiger partial charge in [-0.2, -0.15) is 4.39 Å². The molecule has 58 valence electrons. The number of halogens is 1. The SMILES string of the molecule is Cc1ncc(C(=O)O)nc1F. The number of carboxylic acid groups (broad SMARTS) is 1. The van der Waals surface area contributed by atoms with Crippen LogP contribution in [0.2, 0.25) is 0 Å². The number of hydrogen-bond donors (Lipinski definition) is 1. The summed E-state index contributed by atoms with van der Waals surface area (Å²) < 4.78 is 12.5. The predicted octanol–water partition coefficient (Wildman–Crippen LogP) is 0.622. The number of rotatable bonds is 1. The van der Waals surface area contributed by atoms with E-state index in [1.54, 1.807) is 0 Å². The Labute approximate surface area is 61.7 Å². The Morgan fingerprint density at radius 2 is 2.36 bits per heavy atom. The van der Waals surface area contributed by atoms with Gasteiger partial charge in [-0.3, -0.25) is 4.98 Å². The smallest absolute Gasteiger partial charge is 0.356 e. The molecular weight excluding hydrogens is 151 g/mol. The van der Waals surface area contributed by atoms with E-state index in [0.717, 1.165) is 6.20 Å². The first-order valence-electron chi connectivity index (χ1n) is 2.83. The lowest BCUT2D eigenvalue weighted by molar-refractivity contribution is 0.0688. The molecule has 0 amide bonds. The minimum Gasteiger partial charge on any atom is -0.476 e. The molecule has 1 aromatic rings. The molecule has 1 heterocycles. The molecule has 0 saturated carbocycles. The number of aryl methyl sites for hydroxylation is 1. The van der Waals surface area contributed by atoms with Gasteiger partial charge in [0, 0.05) is 0 Å². The van der Waals surface area contributed by atoms with Crippen LogP contribution in [0, 0.1) is 12.9 Å². The lowest BCUT2D eigenvalue weighted by atomic mass is 10.4. The molecule has 0 aliphatic carbocycles. The molecule has 0 bridgehead atoms. The third-order valence-electron chi connectivity index (χ3n) is 1.12. The van der Waals surface area contributed by atoms with Gasteiger partial charge in [0.05, 0.1) is 11.9 Å². The molecule has 1 aromatic heterocycles. The topological polar surface area (TPSA) is 63.1 Å². The van der Waals surface area contributed by atoms with Crippen LogP contribution in [-0.2, 0) is 0 Å². The lowest BCUT2D eigenvalue weighted by Crippen LogP contribution is -2.04. The third-order valence-corrected chi connectivity index (χ3v) is 1.12. The summed E-state index contributed by atoms with van der Waals surface area (Å²) in [5, 5.41) is 8.33. The van der Waals surface area contributed by atoms with Gasteiger partial charge in [-0.05, 0) is 6.92 Å². The van der Waals surface area contributed by atoms with E-state index in [2.05, 4.69) is 9.97 Å². The second kappa shape index (κ2) is 2.61.